The number of carbonyl (C=O) groups is 3. The molecule has 10 heteroatoms. The second-order valence-corrected chi connectivity index (χ2v) is 6.81. The fraction of sp³-hybridized carbons (Fsp3) is 0.529. The summed E-state index contributed by atoms with van der Waals surface area (Å²) in [5.74, 6) is -0.417. The van der Waals surface area contributed by atoms with E-state index in [-0.39, 0.29) is 0 Å². The number of fused-ring (bicyclic) bond motifs is 1. The molecule has 27 heavy (non-hydrogen) atoms. The minimum absolute atomic E-state index is 0.333. The number of nitrogens with zero attached hydrogens (tertiary/aromatic N) is 6. The lowest BCUT2D eigenvalue weighted by Crippen LogP contribution is -2.64. The highest BCUT2D eigenvalue weighted by Gasteiger charge is 2.53. The molecule has 0 aliphatic carbocycles. The summed E-state index contributed by atoms with van der Waals surface area (Å²) in [7, 11) is 1.54. The van der Waals surface area contributed by atoms with E-state index in [9.17, 15) is 14.4 Å². The van der Waals surface area contributed by atoms with Gasteiger partial charge in [-0.3, -0.25) is 19.4 Å². The zero-order valence-corrected chi connectivity index (χ0v) is 16.2. The fourth-order valence-corrected chi connectivity index (χ4v) is 3.36. The zero-order valence-electron chi connectivity index (χ0n) is 16.2. The van der Waals surface area contributed by atoms with Gasteiger partial charge < -0.3 is 5.73 Å². The average Bonchev–Trinajstić information content (AvgIpc) is 3.10. The maximum absolute atomic E-state index is 13.0. The number of aryl methyl sites for hydroxylation is 1. The van der Waals surface area contributed by atoms with Crippen LogP contribution in [0.25, 0.3) is 0 Å². The fourth-order valence-electron chi connectivity index (χ4n) is 3.36. The maximum Gasteiger partial charge on any atom is 0.421 e. The highest BCUT2D eigenvalue weighted by molar-refractivity contribution is 6.23. The Bertz CT molecular complexity index is 912. The summed E-state index contributed by atoms with van der Waals surface area (Å²) in [5, 5.41) is 4.55. The number of aromatic nitrogens is 2. The van der Waals surface area contributed by atoms with E-state index in [1.54, 1.807) is 4.68 Å². The molecule has 4 amide bonds. The van der Waals surface area contributed by atoms with Crippen molar-refractivity contribution in [1.29, 1.82) is 0 Å². The minimum atomic E-state index is -0.786. The van der Waals surface area contributed by atoms with Crippen molar-refractivity contribution in [2.75, 3.05) is 20.1 Å². The lowest BCUT2D eigenvalue weighted by atomic mass is 10.1. The molecule has 1 fully saturated rings. The van der Waals surface area contributed by atoms with Crippen molar-refractivity contribution in [3.8, 4) is 0 Å². The molecule has 10 nitrogen and oxygen atoms in total. The Morgan fingerprint density at radius 3 is 2.44 bits per heavy atom. The molecule has 0 bridgehead atoms. The Kier molecular flexibility index (Phi) is 4.58. The third-order valence-corrected chi connectivity index (χ3v) is 5.01. The zero-order chi connectivity index (χ0) is 20.0. The molecule has 2 N–H and O–H groups in total. The summed E-state index contributed by atoms with van der Waals surface area (Å²) < 4.78 is 3.53. The molecular weight excluding hydrogens is 350 g/mol. The number of primary amides is 1. The number of rotatable bonds is 4. The summed E-state index contributed by atoms with van der Waals surface area (Å²) in [4.78, 5) is 43.7. The van der Waals surface area contributed by atoms with Crippen LogP contribution in [0.1, 0.15) is 30.3 Å². The second-order valence-electron chi connectivity index (χ2n) is 6.81. The van der Waals surface area contributed by atoms with E-state index in [1.165, 1.54) is 11.9 Å². The summed E-state index contributed by atoms with van der Waals surface area (Å²) >= 11 is 0. The molecular formula is C17H24N7O3+. The van der Waals surface area contributed by atoms with Crippen LogP contribution >= 0.6 is 0 Å². The van der Waals surface area contributed by atoms with Crippen LogP contribution < -0.4 is 5.73 Å². The number of carbonyl (C=O) groups excluding carboxylic acids is 3. The molecule has 0 saturated carbocycles. The first-order chi connectivity index (χ1) is 12.7. The monoisotopic (exact) mass is 374 g/mol. The maximum atomic E-state index is 13.0. The van der Waals surface area contributed by atoms with Crippen LogP contribution in [-0.2, 0) is 9.59 Å². The van der Waals surface area contributed by atoms with Crippen molar-refractivity contribution in [1.82, 2.24) is 19.6 Å². The molecule has 1 saturated heterocycles. The predicted octanol–water partition coefficient (Wildman–Crippen LogP) is -0.405. The molecule has 1 unspecified atom stereocenters. The van der Waals surface area contributed by atoms with Crippen LogP contribution in [0, 0.1) is 20.8 Å². The topological polar surface area (TPSA) is 117 Å². The van der Waals surface area contributed by atoms with Gasteiger partial charge in [-0.15, -0.1) is 9.78 Å². The van der Waals surface area contributed by atoms with E-state index in [4.69, 9.17) is 5.73 Å². The first kappa shape index (κ1) is 18.7. The van der Waals surface area contributed by atoms with Crippen LogP contribution in [-0.4, -0.2) is 80.0 Å². The van der Waals surface area contributed by atoms with Crippen LogP contribution in [0.4, 0.5) is 4.79 Å². The summed E-state index contributed by atoms with van der Waals surface area (Å²) in [5.41, 5.74) is 8.05. The molecule has 0 aromatic carbocycles. The molecule has 2 aliphatic heterocycles. The number of amides is 4. The number of hydrogen-bond acceptors (Lipinski definition) is 5. The van der Waals surface area contributed by atoms with Crippen molar-refractivity contribution in [2.24, 2.45) is 10.7 Å². The quantitative estimate of drug-likeness (QED) is 0.721. The van der Waals surface area contributed by atoms with Gasteiger partial charge in [0.05, 0.1) is 12.2 Å². The van der Waals surface area contributed by atoms with Crippen LogP contribution in [0.3, 0.4) is 0 Å². The molecule has 1 aromatic heterocycles. The van der Waals surface area contributed by atoms with Crippen molar-refractivity contribution < 1.29 is 19.0 Å². The Hall–Kier alpha value is -3.04. The van der Waals surface area contributed by atoms with Crippen molar-refractivity contribution in [3.05, 3.63) is 17.0 Å². The van der Waals surface area contributed by atoms with Gasteiger partial charge in [0.25, 0.3) is 5.91 Å². The number of urea groups is 1. The van der Waals surface area contributed by atoms with Gasteiger partial charge in [0.2, 0.25) is 17.8 Å². The lowest BCUT2D eigenvalue weighted by molar-refractivity contribution is -0.537. The van der Waals surface area contributed by atoms with E-state index in [0.717, 1.165) is 28.3 Å². The highest BCUT2D eigenvalue weighted by Crippen LogP contribution is 2.22. The molecule has 1 atom stereocenters. The van der Waals surface area contributed by atoms with Crippen LogP contribution in [0.5, 0.6) is 0 Å². The van der Waals surface area contributed by atoms with E-state index >= 15 is 0 Å². The van der Waals surface area contributed by atoms with Gasteiger partial charge in [0.1, 0.15) is 12.2 Å². The van der Waals surface area contributed by atoms with E-state index < -0.39 is 30.4 Å². The van der Waals surface area contributed by atoms with E-state index in [2.05, 4.69) is 10.1 Å². The standard InChI is InChI=1S/C17H23N7O3/c1-6-7-22-13-14(19-16(22)24-11(4)9(2)10(3)20-24)21(5)17(27)23(15(13)26)8-12(18)25/h13H,6-8H2,1-5H3,(H-,18,25)/p+1. The number of hydrogen-bond donors (Lipinski definition) is 1. The van der Waals surface area contributed by atoms with Gasteiger partial charge in [0.15, 0.2) is 0 Å². The second kappa shape index (κ2) is 6.60. The van der Waals surface area contributed by atoms with Gasteiger partial charge in [-0.2, -0.15) is 0 Å². The lowest BCUT2D eigenvalue weighted by Gasteiger charge is -2.33. The third-order valence-electron chi connectivity index (χ3n) is 5.01. The number of nitrogens with two attached hydrogens (primary N) is 1. The van der Waals surface area contributed by atoms with E-state index in [1.807, 2.05) is 32.3 Å². The highest BCUT2D eigenvalue weighted by atomic mass is 16.2. The van der Waals surface area contributed by atoms with Gasteiger partial charge in [-0.05, 0) is 27.2 Å². The van der Waals surface area contributed by atoms with Crippen LogP contribution in [0.15, 0.2) is 4.99 Å². The Labute approximate surface area is 156 Å². The Morgan fingerprint density at radius 2 is 1.93 bits per heavy atom. The third kappa shape index (κ3) is 2.81. The van der Waals surface area contributed by atoms with Crippen molar-refractivity contribution in [2.45, 2.75) is 40.2 Å². The first-order valence-electron chi connectivity index (χ1n) is 8.81. The predicted molar refractivity (Wildman–Crippen MR) is 97.6 cm³/mol. The average molecular weight is 374 g/mol. The van der Waals surface area contributed by atoms with Crippen LogP contribution in [0.2, 0.25) is 0 Å². The molecule has 3 rings (SSSR count). The van der Waals surface area contributed by atoms with Gasteiger partial charge in [-0.1, -0.05) is 11.9 Å². The number of likely N-dealkylation sites (N-methyl/N-ethyl adjacent to an activating group) is 1. The number of aliphatic imine (C=N–C) groups is 1. The smallest absolute Gasteiger partial charge is 0.368 e. The molecule has 0 radical (unpaired) electrons. The Balaban J connectivity index is 2.15. The number of imide groups is 1. The molecule has 144 valence electrons. The number of amidine groups is 1. The largest absolute Gasteiger partial charge is 0.421 e. The van der Waals surface area contributed by atoms with E-state index in [0.29, 0.717) is 18.3 Å². The SMILES string of the molecule is CCC[N+]1=C(n2nc(C)c(C)c2C)N=C2C1C(=O)N(CC(N)=O)C(=O)N2C. The van der Waals surface area contributed by atoms with Crippen molar-refractivity contribution >= 4 is 29.6 Å². The molecule has 0 spiro atoms. The molecule has 3 heterocycles. The van der Waals surface area contributed by atoms with Gasteiger partial charge in [0, 0.05) is 12.6 Å². The summed E-state index contributed by atoms with van der Waals surface area (Å²) in [6.07, 6.45) is 0.766. The molecule has 2 aliphatic rings. The summed E-state index contributed by atoms with van der Waals surface area (Å²) in [6, 6.07) is -1.40. The van der Waals surface area contributed by atoms with Crippen molar-refractivity contribution in [3.63, 3.8) is 0 Å². The normalized spacial score (nSPS) is 19.7. The Morgan fingerprint density at radius 1 is 1.26 bits per heavy atom. The molecule has 1 aromatic rings. The minimum Gasteiger partial charge on any atom is -0.368 e. The first-order valence-corrected chi connectivity index (χ1v) is 8.81. The van der Waals surface area contributed by atoms with Gasteiger partial charge >= 0.3 is 12.0 Å². The van der Waals surface area contributed by atoms with Gasteiger partial charge in [-0.25, -0.2) is 9.37 Å². The summed E-state index contributed by atoms with van der Waals surface area (Å²) in [6.45, 7) is 7.90.